The Hall–Kier alpha value is -1.42. The normalized spacial score (nSPS) is 20.0. The summed E-state index contributed by atoms with van der Waals surface area (Å²) in [4.78, 5) is 2.13. The van der Waals surface area contributed by atoms with Gasteiger partial charge in [0, 0.05) is 43.8 Å². The molecule has 182 valence electrons. The van der Waals surface area contributed by atoms with Crippen LogP contribution in [-0.2, 0) is 4.43 Å². The van der Waals surface area contributed by atoms with Gasteiger partial charge in [-0.1, -0.05) is 68.4 Å². The van der Waals surface area contributed by atoms with Crippen LogP contribution in [0, 0.1) is 11.3 Å². The Morgan fingerprint density at radius 3 is 1.97 bits per heavy atom. The number of methoxy groups -OCH3 is 1. The van der Waals surface area contributed by atoms with E-state index in [1.54, 1.807) is 7.11 Å². The summed E-state index contributed by atoms with van der Waals surface area (Å²) in [6, 6.07) is 6.67. The summed E-state index contributed by atoms with van der Waals surface area (Å²) >= 11 is 0. The first-order valence-electron chi connectivity index (χ1n) is 12.5. The largest absolute Gasteiger partial charge is 0.546 e. The molecule has 0 spiro atoms. The van der Waals surface area contributed by atoms with Crippen LogP contribution in [0.3, 0.4) is 0 Å². The van der Waals surface area contributed by atoms with Gasteiger partial charge >= 0.3 is 0 Å². The highest BCUT2D eigenvalue weighted by Crippen LogP contribution is 2.51. The van der Waals surface area contributed by atoms with Gasteiger partial charge in [-0.15, -0.1) is 0 Å². The number of allylic oxidation sites excluding steroid dienone is 2. The van der Waals surface area contributed by atoms with Crippen LogP contribution in [0.5, 0.6) is 5.75 Å². The first-order chi connectivity index (χ1) is 14.7. The van der Waals surface area contributed by atoms with E-state index in [0.29, 0.717) is 28.5 Å². The molecule has 0 aliphatic heterocycles. The maximum atomic E-state index is 7.16. The highest BCUT2D eigenvalue weighted by Gasteiger charge is 2.48. The Morgan fingerprint density at radius 2 is 1.53 bits per heavy atom. The van der Waals surface area contributed by atoms with Crippen molar-refractivity contribution in [1.29, 1.82) is 0 Å². The van der Waals surface area contributed by atoms with Crippen LogP contribution in [-0.4, -0.2) is 29.5 Å². The molecule has 0 saturated carbocycles. The van der Waals surface area contributed by atoms with Gasteiger partial charge in [0.15, 0.2) is 0 Å². The van der Waals surface area contributed by atoms with Crippen molar-refractivity contribution >= 4 is 14.0 Å². The second-order valence-corrected chi connectivity index (χ2v) is 17.3. The third-order valence-corrected chi connectivity index (χ3v) is 13.8. The van der Waals surface area contributed by atoms with Crippen LogP contribution >= 0.6 is 0 Å². The number of hydrogen-bond acceptors (Lipinski definition) is 3. The maximum Gasteiger partial charge on any atom is 0.258 e. The minimum atomic E-state index is -1.97. The van der Waals surface area contributed by atoms with Gasteiger partial charge in [-0.05, 0) is 46.5 Å². The number of hydrogen-bond donors (Lipinski definition) is 0. The number of ether oxygens (including phenoxy) is 1. The SMILES string of the molecule is COc1cc(N(C)C)ccc1[C@@H]1C=C(O[Si](C(C)C)(C(C)C)C(C)C)CC[C@H]1C(C)(C)C. The van der Waals surface area contributed by atoms with Crippen LogP contribution < -0.4 is 9.64 Å². The molecule has 0 unspecified atom stereocenters. The van der Waals surface area contributed by atoms with Crippen molar-refractivity contribution in [2.45, 2.75) is 97.7 Å². The molecular weight excluding hydrogens is 410 g/mol. The molecule has 2 rings (SSSR count). The molecule has 0 bridgehead atoms. The molecule has 0 aromatic heterocycles. The van der Waals surface area contributed by atoms with E-state index in [2.05, 4.69) is 106 Å². The lowest BCUT2D eigenvalue weighted by atomic mass is 9.66. The first-order valence-corrected chi connectivity index (χ1v) is 14.6. The molecule has 0 N–H and O–H groups in total. The van der Waals surface area contributed by atoms with E-state index in [1.807, 2.05) is 0 Å². The smallest absolute Gasteiger partial charge is 0.258 e. The Labute approximate surface area is 199 Å². The highest BCUT2D eigenvalue weighted by molar-refractivity contribution is 6.77. The Balaban J connectivity index is 2.58. The summed E-state index contributed by atoms with van der Waals surface area (Å²) in [6.07, 6.45) is 4.65. The summed E-state index contributed by atoms with van der Waals surface area (Å²) in [6.45, 7) is 21.3. The first kappa shape index (κ1) is 26.8. The zero-order valence-corrected chi connectivity index (χ0v) is 23.9. The molecule has 0 fully saturated rings. The zero-order valence-electron chi connectivity index (χ0n) is 22.9. The predicted molar refractivity (Wildman–Crippen MR) is 142 cm³/mol. The third kappa shape index (κ3) is 5.38. The molecule has 4 heteroatoms. The van der Waals surface area contributed by atoms with Crippen molar-refractivity contribution < 1.29 is 9.16 Å². The van der Waals surface area contributed by atoms with Crippen molar-refractivity contribution in [2.24, 2.45) is 11.3 Å². The van der Waals surface area contributed by atoms with Crippen molar-refractivity contribution in [2.75, 3.05) is 26.1 Å². The predicted octanol–water partition coefficient (Wildman–Crippen LogP) is 8.38. The maximum absolute atomic E-state index is 7.16. The molecule has 1 aromatic carbocycles. The fraction of sp³-hybridized carbons (Fsp3) is 0.714. The molecule has 1 aliphatic carbocycles. The molecule has 1 aromatic rings. The summed E-state index contributed by atoms with van der Waals surface area (Å²) in [5, 5.41) is 0. The molecule has 0 radical (unpaired) electrons. The molecule has 2 atom stereocenters. The summed E-state index contributed by atoms with van der Waals surface area (Å²) in [7, 11) is 3.98. The van der Waals surface area contributed by atoms with E-state index in [4.69, 9.17) is 9.16 Å². The summed E-state index contributed by atoms with van der Waals surface area (Å²) in [5.74, 6) is 3.04. The molecule has 32 heavy (non-hydrogen) atoms. The second-order valence-electron chi connectivity index (χ2n) is 11.9. The minimum absolute atomic E-state index is 0.209. The fourth-order valence-electron chi connectivity index (χ4n) is 6.07. The van der Waals surface area contributed by atoms with Gasteiger partial charge in [0.1, 0.15) is 5.75 Å². The molecule has 1 aliphatic rings. The second kappa shape index (κ2) is 10.2. The van der Waals surface area contributed by atoms with E-state index in [9.17, 15) is 0 Å². The standard InChI is InChI=1S/C28H49NO2Si/c1-19(2)32(20(3)4,21(5)6)31-23-14-16-26(28(7,8)9)25(18-23)24-15-13-22(29(10)11)17-27(24)30-12/h13,15,17-21,25-26H,14,16H2,1-12H3/t25-,26+/m0/s1. The topological polar surface area (TPSA) is 21.7 Å². The van der Waals surface area contributed by atoms with Crippen LogP contribution in [0.4, 0.5) is 5.69 Å². The highest BCUT2D eigenvalue weighted by atomic mass is 28.4. The van der Waals surface area contributed by atoms with Gasteiger partial charge in [0.2, 0.25) is 0 Å². The van der Waals surface area contributed by atoms with E-state index >= 15 is 0 Å². The molecular formula is C28H49NO2Si. The van der Waals surface area contributed by atoms with E-state index in [-0.39, 0.29) is 5.41 Å². The van der Waals surface area contributed by atoms with Gasteiger partial charge in [0.05, 0.1) is 12.9 Å². The zero-order chi connectivity index (χ0) is 24.4. The van der Waals surface area contributed by atoms with Crippen LogP contribution in [0.15, 0.2) is 30.0 Å². The van der Waals surface area contributed by atoms with Gasteiger partial charge < -0.3 is 14.1 Å². The third-order valence-electron chi connectivity index (χ3n) is 7.72. The van der Waals surface area contributed by atoms with Crippen molar-refractivity contribution in [3.8, 4) is 5.75 Å². The van der Waals surface area contributed by atoms with E-state index < -0.39 is 8.32 Å². The number of benzene rings is 1. The van der Waals surface area contributed by atoms with Crippen molar-refractivity contribution in [3.63, 3.8) is 0 Å². The lowest BCUT2D eigenvalue weighted by Gasteiger charge is -2.46. The molecule has 0 heterocycles. The van der Waals surface area contributed by atoms with Crippen molar-refractivity contribution in [1.82, 2.24) is 0 Å². The average Bonchev–Trinajstić information content (AvgIpc) is 2.69. The number of rotatable bonds is 8. The lowest BCUT2D eigenvalue weighted by molar-refractivity contribution is 0.180. The fourth-order valence-corrected chi connectivity index (χ4v) is 11.4. The van der Waals surface area contributed by atoms with Crippen molar-refractivity contribution in [3.05, 3.63) is 35.6 Å². The average molecular weight is 460 g/mol. The lowest BCUT2D eigenvalue weighted by Crippen LogP contribution is -2.48. The minimum Gasteiger partial charge on any atom is -0.546 e. The van der Waals surface area contributed by atoms with Gasteiger partial charge in [0.25, 0.3) is 8.32 Å². The molecule has 0 saturated heterocycles. The molecule has 0 amide bonds. The van der Waals surface area contributed by atoms with Gasteiger partial charge in [-0.2, -0.15) is 0 Å². The Morgan fingerprint density at radius 1 is 0.969 bits per heavy atom. The van der Waals surface area contributed by atoms with E-state index in [1.165, 1.54) is 17.0 Å². The summed E-state index contributed by atoms with van der Waals surface area (Å²) in [5.41, 5.74) is 4.40. The Kier molecular flexibility index (Phi) is 8.58. The van der Waals surface area contributed by atoms with E-state index in [0.717, 1.165) is 18.6 Å². The van der Waals surface area contributed by atoms with Gasteiger partial charge in [-0.3, -0.25) is 0 Å². The number of nitrogens with zero attached hydrogens (tertiary/aromatic N) is 1. The quantitative estimate of drug-likeness (QED) is 0.364. The molecule has 3 nitrogen and oxygen atoms in total. The van der Waals surface area contributed by atoms with Crippen LogP contribution in [0.25, 0.3) is 0 Å². The number of anilines is 1. The van der Waals surface area contributed by atoms with Gasteiger partial charge in [-0.25, -0.2) is 0 Å². The monoisotopic (exact) mass is 459 g/mol. The van der Waals surface area contributed by atoms with Crippen LogP contribution in [0.1, 0.15) is 86.6 Å². The Bertz CT molecular complexity index is 767. The van der Waals surface area contributed by atoms with Crippen LogP contribution in [0.2, 0.25) is 16.6 Å². The summed E-state index contributed by atoms with van der Waals surface area (Å²) < 4.78 is 13.1.